The van der Waals surface area contributed by atoms with E-state index in [1.807, 2.05) is 47.8 Å². The van der Waals surface area contributed by atoms with E-state index in [4.69, 9.17) is 0 Å². The lowest BCUT2D eigenvalue weighted by atomic mass is 10.1. The number of carbonyl (C=O) groups is 1. The molecule has 0 unspecified atom stereocenters. The average molecular weight is 358 g/mol. The molecule has 5 nitrogen and oxygen atoms in total. The van der Waals surface area contributed by atoms with Gasteiger partial charge in [0.2, 0.25) is 0 Å². The number of thiazole rings is 1. The molecule has 0 aliphatic heterocycles. The zero-order valence-corrected chi connectivity index (χ0v) is 14.5. The van der Waals surface area contributed by atoms with Crippen LogP contribution in [0.5, 0.6) is 0 Å². The van der Waals surface area contributed by atoms with Crippen LogP contribution in [0, 0.1) is 0 Å². The number of carbonyl (C=O) groups excluding carboxylic acids is 1. The van der Waals surface area contributed by atoms with Crippen LogP contribution in [-0.2, 0) is 0 Å². The predicted octanol–water partition coefficient (Wildman–Crippen LogP) is 4.52. The molecule has 0 aliphatic rings. The first kappa shape index (κ1) is 16.1. The lowest BCUT2D eigenvalue weighted by Crippen LogP contribution is -2.11. The van der Waals surface area contributed by atoms with Crippen molar-refractivity contribution in [2.75, 3.05) is 5.32 Å². The molecule has 4 rings (SSSR count). The van der Waals surface area contributed by atoms with Gasteiger partial charge < -0.3 is 5.32 Å². The summed E-state index contributed by atoms with van der Waals surface area (Å²) in [6.07, 6.45) is 4.99. The highest BCUT2D eigenvalue weighted by molar-refractivity contribution is 7.13. The van der Waals surface area contributed by atoms with Gasteiger partial charge >= 0.3 is 0 Å². The van der Waals surface area contributed by atoms with Gasteiger partial charge in [0.15, 0.2) is 0 Å². The highest BCUT2D eigenvalue weighted by Crippen LogP contribution is 2.28. The lowest BCUT2D eigenvalue weighted by molar-refractivity contribution is 0.102. The summed E-state index contributed by atoms with van der Waals surface area (Å²) in [6, 6.07) is 16.8. The number of hydrogen-bond donors (Lipinski definition) is 1. The summed E-state index contributed by atoms with van der Waals surface area (Å²) >= 11 is 1.53. The second kappa shape index (κ2) is 7.25. The highest BCUT2D eigenvalue weighted by atomic mass is 32.1. The molecule has 2 aromatic heterocycles. The first-order valence-electron chi connectivity index (χ1n) is 7.98. The van der Waals surface area contributed by atoms with Crippen LogP contribution in [-0.4, -0.2) is 20.9 Å². The van der Waals surface area contributed by atoms with E-state index in [-0.39, 0.29) is 5.91 Å². The van der Waals surface area contributed by atoms with E-state index < -0.39 is 0 Å². The minimum atomic E-state index is -0.128. The molecular formula is C20H14N4OS. The molecule has 0 atom stereocenters. The van der Waals surface area contributed by atoms with E-state index in [1.54, 1.807) is 30.7 Å². The molecule has 2 heterocycles. The Morgan fingerprint density at radius 2 is 1.73 bits per heavy atom. The van der Waals surface area contributed by atoms with Crippen LogP contribution in [0.25, 0.3) is 22.0 Å². The Hall–Kier alpha value is -3.38. The maximum atomic E-state index is 12.2. The van der Waals surface area contributed by atoms with Gasteiger partial charge in [-0.25, -0.2) is 4.98 Å². The quantitative estimate of drug-likeness (QED) is 0.582. The molecule has 26 heavy (non-hydrogen) atoms. The third-order valence-electron chi connectivity index (χ3n) is 3.76. The Morgan fingerprint density at radius 3 is 2.46 bits per heavy atom. The average Bonchev–Trinajstić information content (AvgIpc) is 3.20. The first-order chi connectivity index (χ1) is 12.8. The molecule has 0 saturated carbocycles. The van der Waals surface area contributed by atoms with E-state index in [2.05, 4.69) is 20.3 Å². The zero-order chi connectivity index (χ0) is 17.8. The molecule has 126 valence electrons. The molecule has 2 aromatic carbocycles. The highest BCUT2D eigenvalue weighted by Gasteiger charge is 2.09. The number of anilines is 1. The van der Waals surface area contributed by atoms with Gasteiger partial charge in [-0.1, -0.05) is 30.3 Å². The van der Waals surface area contributed by atoms with Gasteiger partial charge in [-0.15, -0.1) is 11.3 Å². The van der Waals surface area contributed by atoms with Crippen LogP contribution >= 0.6 is 11.3 Å². The van der Waals surface area contributed by atoms with E-state index in [9.17, 15) is 4.79 Å². The van der Waals surface area contributed by atoms with Gasteiger partial charge in [0.25, 0.3) is 5.91 Å². The molecule has 0 fully saturated rings. The smallest absolute Gasteiger partial charge is 0.255 e. The molecular weight excluding hydrogens is 344 g/mol. The fourth-order valence-corrected chi connectivity index (χ4v) is 3.24. The SMILES string of the molecule is O=C(Nc1ccc(-c2csc(-c3cnccn3)n2)cc1)c1ccccc1. The number of hydrogen-bond acceptors (Lipinski definition) is 5. The van der Waals surface area contributed by atoms with Crippen LogP contribution in [0.2, 0.25) is 0 Å². The Kier molecular flexibility index (Phi) is 4.49. The second-order valence-electron chi connectivity index (χ2n) is 5.53. The van der Waals surface area contributed by atoms with E-state index in [1.165, 1.54) is 11.3 Å². The molecule has 4 aromatic rings. The first-order valence-corrected chi connectivity index (χ1v) is 8.86. The maximum absolute atomic E-state index is 12.2. The van der Waals surface area contributed by atoms with Gasteiger partial charge in [-0.3, -0.25) is 14.8 Å². The van der Waals surface area contributed by atoms with Gasteiger partial charge in [-0.05, 0) is 24.3 Å². The Balaban J connectivity index is 1.50. The lowest BCUT2D eigenvalue weighted by Gasteiger charge is -2.06. The van der Waals surface area contributed by atoms with Crippen molar-refractivity contribution in [3.05, 3.63) is 84.1 Å². The van der Waals surface area contributed by atoms with Gasteiger partial charge in [0.05, 0.1) is 11.9 Å². The summed E-state index contributed by atoms with van der Waals surface area (Å²) in [6.45, 7) is 0. The van der Waals surface area contributed by atoms with Crippen molar-refractivity contribution >= 4 is 22.9 Å². The van der Waals surface area contributed by atoms with Crippen LogP contribution in [0.15, 0.2) is 78.6 Å². The number of amides is 1. The molecule has 0 spiro atoms. The molecule has 0 bridgehead atoms. The third-order valence-corrected chi connectivity index (χ3v) is 4.63. The van der Waals surface area contributed by atoms with Crippen LogP contribution in [0.4, 0.5) is 5.69 Å². The van der Waals surface area contributed by atoms with Crippen LogP contribution < -0.4 is 5.32 Å². The fraction of sp³-hybridized carbons (Fsp3) is 0. The van der Waals surface area contributed by atoms with Gasteiger partial charge in [-0.2, -0.15) is 0 Å². The fourth-order valence-electron chi connectivity index (χ4n) is 2.45. The molecule has 6 heteroatoms. The van der Waals surface area contributed by atoms with E-state index >= 15 is 0 Å². The monoisotopic (exact) mass is 358 g/mol. The molecule has 0 radical (unpaired) electrons. The van der Waals surface area contributed by atoms with Crippen LogP contribution in [0.3, 0.4) is 0 Å². The summed E-state index contributed by atoms with van der Waals surface area (Å²) < 4.78 is 0. The van der Waals surface area contributed by atoms with Crippen molar-refractivity contribution in [1.29, 1.82) is 0 Å². The minimum absolute atomic E-state index is 0.128. The van der Waals surface area contributed by atoms with Crippen molar-refractivity contribution < 1.29 is 4.79 Å². The summed E-state index contributed by atoms with van der Waals surface area (Å²) in [4.78, 5) is 25.2. The molecule has 0 saturated heterocycles. The van der Waals surface area contributed by atoms with Gasteiger partial charge in [0, 0.05) is 34.6 Å². The van der Waals surface area contributed by atoms with Crippen molar-refractivity contribution in [3.8, 4) is 22.0 Å². The minimum Gasteiger partial charge on any atom is -0.322 e. The van der Waals surface area contributed by atoms with Gasteiger partial charge in [0.1, 0.15) is 10.7 Å². The third kappa shape index (κ3) is 3.50. The number of benzene rings is 2. The Bertz CT molecular complexity index is 1010. The summed E-state index contributed by atoms with van der Waals surface area (Å²) in [5.41, 5.74) is 3.98. The van der Waals surface area contributed by atoms with Crippen molar-refractivity contribution in [2.45, 2.75) is 0 Å². The topological polar surface area (TPSA) is 67.8 Å². The molecule has 1 N–H and O–H groups in total. The normalized spacial score (nSPS) is 10.5. The summed E-state index contributed by atoms with van der Waals surface area (Å²) in [7, 11) is 0. The zero-order valence-electron chi connectivity index (χ0n) is 13.7. The number of nitrogens with zero attached hydrogens (tertiary/aromatic N) is 3. The Labute approximate surface area is 154 Å². The van der Waals surface area contributed by atoms with Crippen molar-refractivity contribution in [3.63, 3.8) is 0 Å². The second-order valence-corrected chi connectivity index (χ2v) is 6.38. The van der Waals surface area contributed by atoms with E-state index in [0.29, 0.717) is 5.56 Å². The number of nitrogens with one attached hydrogen (secondary N) is 1. The van der Waals surface area contributed by atoms with Crippen LogP contribution in [0.1, 0.15) is 10.4 Å². The number of rotatable bonds is 4. The summed E-state index contributed by atoms with van der Waals surface area (Å²) in [5.74, 6) is -0.128. The summed E-state index contributed by atoms with van der Waals surface area (Å²) in [5, 5.41) is 5.71. The molecule has 1 amide bonds. The number of aromatic nitrogens is 3. The van der Waals surface area contributed by atoms with Crippen molar-refractivity contribution in [1.82, 2.24) is 15.0 Å². The Morgan fingerprint density at radius 1 is 0.923 bits per heavy atom. The maximum Gasteiger partial charge on any atom is 0.255 e. The predicted molar refractivity (Wildman–Crippen MR) is 103 cm³/mol. The molecule has 0 aliphatic carbocycles. The van der Waals surface area contributed by atoms with E-state index in [0.717, 1.165) is 27.6 Å². The standard InChI is InChI=1S/C20H14N4OS/c25-19(15-4-2-1-3-5-15)23-16-8-6-14(7-9-16)18-13-26-20(24-18)17-12-21-10-11-22-17/h1-13H,(H,23,25). The largest absolute Gasteiger partial charge is 0.322 e. The van der Waals surface area contributed by atoms with Crippen molar-refractivity contribution in [2.24, 2.45) is 0 Å².